The number of benzene rings is 1. The zero-order valence-electron chi connectivity index (χ0n) is 11.3. The molecule has 4 nitrogen and oxygen atoms in total. The lowest BCUT2D eigenvalue weighted by Gasteiger charge is -2.13. The SMILES string of the molecule is CCn1ccc(=O)n(CC2CSc3ccccc32)c1=O. The molecule has 1 aliphatic rings. The molecule has 2 heterocycles. The molecule has 5 heteroatoms. The average molecular weight is 288 g/mol. The molecule has 20 heavy (non-hydrogen) atoms. The van der Waals surface area contributed by atoms with Crippen molar-refractivity contribution in [2.75, 3.05) is 5.75 Å². The molecular weight excluding hydrogens is 272 g/mol. The van der Waals surface area contributed by atoms with Crippen molar-refractivity contribution in [1.29, 1.82) is 0 Å². The maximum atomic E-state index is 12.2. The summed E-state index contributed by atoms with van der Waals surface area (Å²) < 4.78 is 2.92. The first-order valence-electron chi connectivity index (χ1n) is 6.72. The second-order valence-corrected chi connectivity index (χ2v) is 5.94. The maximum absolute atomic E-state index is 12.2. The number of fused-ring (bicyclic) bond motifs is 1. The van der Waals surface area contributed by atoms with Gasteiger partial charge >= 0.3 is 5.69 Å². The predicted molar refractivity (Wildman–Crippen MR) is 80.5 cm³/mol. The first-order chi connectivity index (χ1) is 9.70. The molecule has 0 amide bonds. The highest BCUT2D eigenvalue weighted by Gasteiger charge is 2.24. The third kappa shape index (κ3) is 2.22. The van der Waals surface area contributed by atoms with Gasteiger partial charge in [-0.05, 0) is 18.6 Å². The summed E-state index contributed by atoms with van der Waals surface area (Å²) in [6.07, 6.45) is 1.57. The molecule has 0 spiro atoms. The Bertz CT molecular complexity index is 748. The van der Waals surface area contributed by atoms with Gasteiger partial charge in [0.15, 0.2) is 0 Å². The Morgan fingerprint density at radius 1 is 1.25 bits per heavy atom. The summed E-state index contributed by atoms with van der Waals surface area (Å²) in [6, 6.07) is 9.69. The van der Waals surface area contributed by atoms with Crippen molar-refractivity contribution in [2.45, 2.75) is 30.8 Å². The second kappa shape index (κ2) is 5.32. The first-order valence-corrected chi connectivity index (χ1v) is 7.71. The molecule has 0 fully saturated rings. The Hall–Kier alpha value is -1.75. The van der Waals surface area contributed by atoms with Crippen molar-refractivity contribution < 1.29 is 0 Å². The molecule has 0 saturated carbocycles. The number of hydrogen-bond acceptors (Lipinski definition) is 3. The predicted octanol–water partition coefficient (Wildman–Crippen LogP) is 1.92. The van der Waals surface area contributed by atoms with Gasteiger partial charge in [-0.25, -0.2) is 4.79 Å². The number of aryl methyl sites for hydroxylation is 1. The minimum Gasteiger partial charge on any atom is -0.301 e. The van der Waals surface area contributed by atoms with Crippen LogP contribution in [0.2, 0.25) is 0 Å². The van der Waals surface area contributed by atoms with Crippen LogP contribution >= 0.6 is 11.8 Å². The molecule has 0 N–H and O–H groups in total. The van der Waals surface area contributed by atoms with E-state index in [1.165, 1.54) is 21.1 Å². The number of nitrogens with zero attached hydrogens (tertiary/aromatic N) is 2. The van der Waals surface area contributed by atoms with E-state index in [0.717, 1.165) is 5.75 Å². The molecule has 0 aliphatic carbocycles. The Morgan fingerprint density at radius 2 is 2.05 bits per heavy atom. The molecule has 0 radical (unpaired) electrons. The molecule has 2 aromatic rings. The van der Waals surface area contributed by atoms with Crippen LogP contribution in [-0.4, -0.2) is 14.9 Å². The summed E-state index contributed by atoms with van der Waals surface area (Å²) >= 11 is 1.79. The van der Waals surface area contributed by atoms with E-state index in [4.69, 9.17) is 0 Å². The molecule has 104 valence electrons. The van der Waals surface area contributed by atoms with E-state index in [9.17, 15) is 9.59 Å². The lowest BCUT2D eigenvalue weighted by atomic mass is 10.0. The zero-order chi connectivity index (χ0) is 14.1. The minimum atomic E-state index is -0.214. The molecule has 1 atom stereocenters. The number of aromatic nitrogens is 2. The second-order valence-electron chi connectivity index (χ2n) is 4.88. The van der Waals surface area contributed by atoms with E-state index in [1.807, 2.05) is 19.1 Å². The van der Waals surface area contributed by atoms with Crippen LogP contribution in [0.3, 0.4) is 0 Å². The van der Waals surface area contributed by atoms with Gasteiger partial charge in [-0.15, -0.1) is 11.8 Å². The van der Waals surface area contributed by atoms with Gasteiger partial charge in [-0.1, -0.05) is 18.2 Å². The fourth-order valence-electron chi connectivity index (χ4n) is 2.57. The van der Waals surface area contributed by atoms with Crippen LogP contribution in [0.1, 0.15) is 18.4 Å². The quantitative estimate of drug-likeness (QED) is 0.866. The monoisotopic (exact) mass is 288 g/mol. The average Bonchev–Trinajstić information content (AvgIpc) is 2.87. The third-order valence-electron chi connectivity index (χ3n) is 3.68. The van der Waals surface area contributed by atoms with Crippen LogP contribution in [0.15, 0.2) is 51.0 Å². The highest BCUT2D eigenvalue weighted by molar-refractivity contribution is 7.99. The van der Waals surface area contributed by atoms with Crippen molar-refractivity contribution in [3.05, 3.63) is 62.9 Å². The molecular formula is C15H16N2O2S. The highest BCUT2D eigenvalue weighted by atomic mass is 32.2. The Morgan fingerprint density at radius 3 is 2.85 bits per heavy atom. The van der Waals surface area contributed by atoms with E-state index in [2.05, 4.69) is 12.1 Å². The fourth-order valence-corrected chi connectivity index (χ4v) is 3.81. The van der Waals surface area contributed by atoms with Gasteiger partial charge in [0.2, 0.25) is 0 Å². The van der Waals surface area contributed by atoms with Crippen molar-refractivity contribution in [2.24, 2.45) is 0 Å². The Kier molecular flexibility index (Phi) is 3.53. The van der Waals surface area contributed by atoms with Crippen LogP contribution in [0, 0.1) is 0 Å². The summed E-state index contributed by atoms with van der Waals surface area (Å²) in [5, 5.41) is 0. The lowest BCUT2D eigenvalue weighted by Crippen LogP contribution is -2.40. The van der Waals surface area contributed by atoms with Crippen LogP contribution < -0.4 is 11.2 Å². The Labute approximate surface area is 121 Å². The summed E-state index contributed by atoms with van der Waals surface area (Å²) in [7, 11) is 0. The normalized spacial score (nSPS) is 17.1. The summed E-state index contributed by atoms with van der Waals surface area (Å²) in [6.45, 7) is 2.94. The fraction of sp³-hybridized carbons (Fsp3) is 0.333. The molecule has 1 aromatic heterocycles. The van der Waals surface area contributed by atoms with Crippen molar-refractivity contribution in [3.63, 3.8) is 0 Å². The van der Waals surface area contributed by atoms with E-state index >= 15 is 0 Å². The molecule has 0 bridgehead atoms. The van der Waals surface area contributed by atoms with E-state index < -0.39 is 0 Å². The Balaban J connectivity index is 1.98. The van der Waals surface area contributed by atoms with Crippen LogP contribution in [0.5, 0.6) is 0 Å². The largest absolute Gasteiger partial charge is 0.330 e. The van der Waals surface area contributed by atoms with Gasteiger partial charge in [0.25, 0.3) is 5.56 Å². The van der Waals surface area contributed by atoms with Crippen LogP contribution in [-0.2, 0) is 13.1 Å². The zero-order valence-corrected chi connectivity index (χ0v) is 12.1. The molecule has 0 saturated heterocycles. The van der Waals surface area contributed by atoms with E-state index in [0.29, 0.717) is 13.1 Å². The number of hydrogen-bond donors (Lipinski definition) is 0. The minimum absolute atomic E-state index is 0.214. The molecule has 1 aromatic carbocycles. The first kappa shape index (κ1) is 13.2. The van der Waals surface area contributed by atoms with Gasteiger partial charge in [-0.2, -0.15) is 0 Å². The molecule has 1 unspecified atom stereocenters. The van der Waals surface area contributed by atoms with Gasteiger partial charge in [0.1, 0.15) is 0 Å². The van der Waals surface area contributed by atoms with Gasteiger partial charge in [-0.3, -0.25) is 9.36 Å². The van der Waals surface area contributed by atoms with Crippen molar-refractivity contribution in [1.82, 2.24) is 9.13 Å². The number of rotatable bonds is 3. The van der Waals surface area contributed by atoms with Crippen LogP contribution in [0.4, 0.5) is 0 Å². The number of thioether (sulfide) groups is 1. The van der Waals surface area contributed by atoms with Crippen molar-refractivity contribution >= 4 is 11.8 Å². The highest BCUT2D eigenvalue weighted by Crippen LogP contribution is 2.39. The van der Waals surface area contributed by atoms with Crippen molar-refractivity contribution in [3.8, 4) is 0 Å². The van der Waals surface area contributed by atoms with Gasteiger partial charge in [0.05, 0.1) is 0 Å². The van der Waals surface area contributed by atoms with E-state index in [-0.39, 0.29) is 17.2 Å². The van der Waals surface area contributed by atoms with Gasteiger partial charge < -0.3 is 4.57 Å². The summed E-state index contributed by atoms with van der Waals surface area (Å²) in [4.78, 5) is 25.5. The third-order valence-corrected chi connectivity index (χ3v) is 4.93. The van der Waals surface area contributed by atoms with Gasteiger partial charge in [0, 0.05) is 41.9 Å². The lowest BCUT2D eigenvalue weighted by molar-refractivity contribution is 0.524. The van der Waals surface area contributed by atoms with Crippen LogP contribution in [0.25, 0.3) is 0 Å². The standard InChI is InChI=1S/C15H16N2O2S/c1-2-16-8-7-14(18)17(15(16)19)9-11-10-20-13-6-4-3-5-12(11)13/h3-8,11H,2,9-10H2,1H3. The summed E-state index contributed by atoms with van der Waals surface area (Å²) in [5.41, 5.74) is 0.819. The smallest absolute Gasteiger partial charge is 0.301 e. The molecule has 3 rings (SSSR count). The topological polar surface area (TPSA) is 44.0 Å². The maximum Gasteiger partial charge on any atom is 0.330 e. The molecule has 1 aliphatic heterocycles. The van der Waals surface area contributed by atoms with E-state index in [1.54, 1.807) is 22.5 Å². The summed E-state index contributed by atoms with van der Waals surface area (Å²) in [5.74, 6) is 1.15.